The van der Waals surface area contributed by atoms with Crippen LogP contribution in [0, 0.1) is 0 Å². The van der Waals surface area contributed by atoms with Crippen molar-refractivity contribution in [2.45, 2.75) is 20.3 Å². The lowest BCUT2D eigenvalue weighted by Crippen LogP contribution is -2.00. The number of furan rings is 1. The molecular weight excluding hydrogens is 348 g/mol. The smallest absolute Gasteiger partial charge is 0.348 e. The summed E-state index contributed by atoms with van der Waals surface area (Å²) < 4.78 is 16.6. The highest BCUT2D eigenvalue weighted by Gasteiger charge is 2.22. The molecule has 27 heavy (non-hydrogen) atoms. The normalized spacial score (nSPS) is 11.4. The summed E-state index contributed by atoms with van der Waals surface area (Å²) in [5.41, 5.74) is 1.82. The third kappa shape index (κ3) is 2.61. The first-order valence-corrected chi connectivity index (χ1v) is 8.45. The Bertz CT molecular complexity index is 1290. The molecule has 0 fully saturated rings. The van der Waals surface area contributed by atoms with Crippen LogP contribution >= 0.6 is 0 Å². The Morgan fingerprint density at radius 2 is 1.89 bits per heavy atom. The van der Waals surface area contributed by atoms with E-state index < -0.39 is 5.63 Å². The number of fused-ring (bicyclic) bond motifs is 5. The van der Waals surface area contributed by atoms with Gasteiger partial charge in [0.2, 0.25) is 0 Å². The van der Waals surface area contributed by atoms with E-state index in [1.54, 1.807) is 12.1 Å². The number of hydrogen-bond donors (Lipinski definition) is 2. The lowest BCUT2D eigenvalue weighted by molar-refractivity contribution is 0.401. The van der Waals surface area contributed by atoms with Crippen molar-refractivity contribution in [3.05, 3.63) is 51.9 Å². The molecule has 6 heteroatoms. The molecular formula is C21H18O6. The van der Waals surface area contributed by atoms with E-state index >= 15 is 0 Å². The Kier molecular flexibility index (Phi) is 3.84. The Balaban J connectivity index is 2.17. The molecule has 2 aromatic carbocycles. The first-order chi connectivity index (χ1) is 12.9. The third-order valence-electron chi connectivity index (χ3n) is 4.57. The SMILES string of the molecule is COc1cc2oc(=O)c3c4ccc(O)cc4oc3c2c(O)c1CC=C(C)C. The second kappa shape index (κ2) is 6.09. The van der Waals surface area contributed by atoms with Crippen molar-refractivity contribution in [3.8, 4) is 17.2 Å². The highest BCUT2D eigenvalue weighted by Crippen LogP contribution is 2.42. The minimum absolute atomic E-state index is 0.0189. The monoisotopic (exact) mass is 366 g/mol. The summed E-state index contributed by atoms with van der Waals surface area (Å²) in [6, 6.07) is 6.05. The summed E-state index contributed by atoms with van der Waals surface area (Å²) in [4.78, 5) is 12.5. The Hall–Kier alpha value is -3.41. The third-order valence-corrected chi connectivity index (χ3v) is 4.57. The highest BCUT2D eigenvalue weighted by molar-refractivity contribution is 6.15. The topological polar surface area (TPSA) is 93.0 Å². The molecule has 2 N–H and O–H groups in total. The lowest BCUT2D eigenvalue weighted by Gasteiger charge is -2.11. The van der Waals surface area contributed by atoms with Crippen molar-refractivity contribution >= 4 is 32.9 Å². The summed E-state index contributed by atoms with van der Waals surface area (Å²) in [5, 5.41) is 21.7. The molecule has 0 aliphatic carbocycles. The van der Waals surface area contributed by atoms with Gasteiger partial charge in [-0.2, -0.15) is 0 Å². The summed E-state index contributed by atoms with van der Waals surface area (Å²) in [7, 11) is 1.49. The van der Waals surface area contributed by atoms with Crippen LogP contribution in [0.15, 0.2) is 49.5 Å². The molecule has 0 saturated carbocycles. The van der Waals surface area contributed by atoms with E-state index in [0.717, 1.165) is 5.57 Å². The van der Waals surface area contributed by atoms with E-state index in [1.165, 1.54) is 19.2 Å². The van der Waals surface area contributed by atoms with E-state index in [0.29, 0.717) is 34.1 Å². The number of methoxy groups -OCH3 is 1. The zero-order chi connectivity index (χ0) is 19.3. The van der Waals surface area contributed by atoms with Crippen molar-refractivity contribution in [3.63, 3.8) is 0 Å². The lowest BCUT2D eigenvalue weighted by atomic mass is 10.0. The van der Waals surface area contributed by atoms with Gasteiger partial charge in [-0.15, -0.1) is 0 Å². The van der Waals surface area contributed by atoms with E-state index in [2.05, 4.69) is 0 Å². The van der Waals surface area contributed by atoms with Gasteiger partial charge in [0.15, 0.2) is 5.58 Å². The van der Waals surface area contributed by atoms with Crippen LogP contribution in [0.5, 0.6) is 17.2 Å². The van der Waals surface area contributed by atoms with Crippen LogP contribution in [0.1, 0.15) is 19.4 Å². The van der Waals surface area contributed by atoms with Crippen LogP contribution in [0.25, 0.3) is 32.9 Å². The van der Waals surface area contributed by atoms with Crippen molar-refractivity contribution in [1.82, 2.24) is 0 Å². The zero-order valence-electron chi connectivity index (χ0n) is 15.1. The van der Waals surface area contributed by atoms with Gasteiger partial charge in [-0.25, -0.2) is 4.79 Å². The predicted molar refractivity (Wildman–Crippen MR) is 103 cm³/mol. The van der Waals surface area contributed by atoms with Gasteiger partial charge in [-0.1, -0.05) is 11.6 Å². The number of hydrogen-bond acceptors (Lipinski definition) is 6. The fraction of sp³-hybridized carbons (Fsp3) is 0.190. The maximum absolute atomic E-state index is 12.5. The molecule has 0 aliphatic rings. The molecule has 0 bridgehead atoms. The fourth-order valence-corrected chi connectivity index (χ4v) is 3.26. The predicted octanol–water partition coefficient (Wildman–Crippen LogP) is 4.62. The van der Waals surface area contributed by atoms with Crippen LogP contribution in [0.4, 0.5) is 0 Å². The largest absolute Gasteiger partial charge is 0.508 e. The first kappa shape index (κ1) is 17.0. The van der Waals surface area contributed by atoms with Gasteiger partial charge >= 0.3 is 5.63 Å². The summed E-state index contributed by atoms with van der Waals surface area (Å²) in [6.45, 7) is 3.93. The second-order valence-electron chi connectivity index (χ2n) is 6.64. The molecule has 138 valence electrons. The minimum atomic E-state index is -0.583. The van der Waals surface area contributed by atoms with Gasteiger partial charge in [-0.3, -0.25) is 0 Å². The van der Waals surface area contributed by atoms with E-state index in [4.69, 9.17) is 13.6 Å². The van der Waals surface area contributed by atoms with Gasteiger partial charge in [0.1, 0.15) is 39.2 Å². The van der Waals surface area contributed by atoms with Gasteiger partial charge in [0.05, 0.1) is 7.11 Å². The first-order valence-electron chi connectivity index (χ1n) is 8.45. The number of phenols is 2. The summed E-state index contributed by atoms with van der Waals surface area (Å²) in [6.07, 6.45) is 2.42. The molecule has 4 rings (SSSR count). The van der Waals surface area contributed by atoms with Crippen LogP contribution in [-0.4, -0.2) is 17.3 Å². The van der Waals surface area contributed by atoms with Crippen molar-refractivity contribution < 1.29 is 23.8 Å². The molecule has 2 heterocycles. The van der Waals surface area contributed by atoms with Crippen LogP contribution in [-0.2, 0) is 6.42 Å². The van der Waals surface area contributed by atoms with Crippen molar-refractivity contribution in [2.75, 3.05) is 7.11 Å². The van der Waals surface area contributed by atoms with Gasteiger partial charge in [0.25, 0.3) is 0 Å². The average molecular weight is 366 g/mol. The number of phenolic OH excluding ortho intramolecular Hbond substituents is 2. The standard InChI is InChI=1S/C21H18O6/c1-10(2)4-6-13-14(25-3)9-16-18(19(13)23)20-17(21(24)27-16)12-7-5-11(22)8-15(12)26-20/h4-5,7-9,22-23H,6H2,1-3H3. The molecule has 0 atom stereocenters. The molecule has 4 aromatic rings. The molecule has 0 radical (unpaired) electrons. The highest BCUT2D eigenvalue weighted by atomic mass is 16.5. The van der Waals surface area contributed by atoms with Crippen LogP contribution < -0.4 is 10.4 Å². The van der Waals surface area contributed by atoms with E-state index in [-0.39, 0.29) is 28.1 Å². The van der Waals surface area contributed by atoms with E-state index in [1.807, 2.05) is 19.9 Å². The van der Waals surface area contributed by atoms with Crippen molar-refractivity contribution in [2.24, 2.45) is 0 Å². The number of allylic oxidation sites excluding steroid dienone is 2. The maximum Gasteiger partial charge on any atom is 0.348 e. The van der Waals surface area contributed by atoms with Crippen molar-refractivity contribution in [1.29, 1.82) is 0 Å². The van der Waals surface area contributed by atoms with Gasteiger partial charge in [0, 0.05) is 23.1 Å². The maximum atomic E-state index is 12.5. The Morgan fingerprint density at radius 1 is 1.11 bits per heavy atom. The van der Waals surface area contributed by atoms with E-state index in [9.17, 15) is 15.0 Å². The van der Waals surface area contributed by atoms with Gasteiger partial charge in [-0.05, 0) is 32.4 Å². The Labute approximate surface area is 153 Å². The van der Waals surface area contributed by atoms with Crippen LogP contribution in [0.3, 0.4) is 0 Å². The van der Waals surface area contributed by atoms with Gasteiger partial charge < -0.3 is 23.8 Å². The molecule has 2 aromatic heterocycles. The summed E-state index contributed by atoms with van der Waals surface area (Å²) >= 11 is 0. The number of benzene rings is 2. The average Bonchev–Trinajstić information content (AvgIpc) is 2.98. The number of ether oxygens (including phenoxy) is 1. The molecule has 0 amide bonds. The molecule has 0 unspecified atom stereocenters. The zero-order valence-corrected chi connectivity index (χ0v) is 15.1. The van der Waals surface area contributed by atoms with Crippen LogP contribution in [0.2, 0.25) is 0 Å². The minimum Gasteiger partial charge on any atom is -0.508 e. The number of rotatable bonds is 3. The molecule has 0 aliphatic heterocycles. The summed E-state index contributed by atoms with van der Waals surface area (Å²) in [5.74, 6) is 0.387. The quantitative estimate of drug-likeness (QED) is 0.406. The number of aromatic hydroxyl groups is 2. The second-order valence-corrected chi connectivity index (χ2v) is 6.64. The Morgan fingerprint density at radius 3 is 2.59 bits per heavy atom. The molecule has 6 nitrogen and oxygen atoms in total. The molecule has 0 spiro atoms. The molecule has 0 saturated heterocycles. The fourth-order valence-electron chi connectivity index (χ4n) is 3.26.